The van der Waals surface area contributed by atoms with E-state index in [0.29, 0.717) is 55.6 Å². The summed E-state index contributed by atoms with van der Waals surface area (Å²) >= 11 is 9.54. The van der Waals surface area contributed by atoms with Crippen LogP contribution in [0.1, 0.15) is 103 Å². The summed E-state index contributed by atoms with van der Waals surface area (Å²) in [5.41, 5.74) is 0. The molecule has 17 heteroatoms. The summed E-state index contributed by atoms with van der Waals surface area (Å²) in [6.45, 7) is 0. The van der Waals surface area contributed by atoms with Gasteiger partial charge in [0.05, 0.1) is 12.2 Å². The van der Waals surface area contributed by atoms with E-state index in [9.17, 15) is 15.0 Å². The first-order chi connectivity index (χ1) is 26.8. The van der Waals surface area contributed by atoms with Gasteiger partial charge in [-0.3, -0.25) is 0 Å². The van der Waals surface area contributed by atoms with Crippen LogP contribution in [0, 0.1) is 0 Å². The Kier molecular flexibility index (Phi) is 26.5. The molecule has 12 atom stereocenters. The van der Waals surface area contributed by atoms with Gasteiger partial charge in [-0.05, 0) is 114 Å². The van der Waals surface area contributed by atoms with Gasteiger partial charge in [0.2, 0.25) is 0 Å². The predicted octanol–water partition coefficient (Wildman–Crippen LogP) is 7.79. The Morgan fingerprint density at radius 2 is 0.862 bits per heavy atom. The molecular weight excluding hydrogens is 1460 g/mol. The number of aliphatic hydroxyl groups excluding tert-OH is 2. The van der Waals surface area contributed by atoms with E-state index in [1.54, 1.807) is 0 Å². The largest absolute Gasteiger partial charge is 0.490 e. The molecular formula is C41H61Cl2I6N4O5-. The third-order valence-corrected chi connectivity index (χ3v) is 12.8. The monoisotopic (exact) mass is 1520 g/mol. The molecule has 2 aromatic rings. The molecule has 9 nitrogen and oxygen atoms in total. The van der Waals surface area contributed by atoms with Crippen molar-refractivity contribution in [3.8, 4) is 11.5 Å². The van der Waals surface area contributed by atoms with Crippen molar-refractivity contribution in [2.45, 2.75) is 175 Å². The van der Waals surface area contributed by atoms with Crippen molar-refractivity contribution >= 4 is 129 Å². The normalized spacial score (nSPS) is 34.2. The number of nitrogens with one attached hydrogen (secondary N) is 2. The van der Waals surface area contributed by atoms with E-state index in [1.165, 1.54) is 38.5 Å². The minimum absolute atomic E-state index is 0. The number of hydrogen-bond acceptors (Lipinski definition) is 7. The summed E-state index contributed by atoms with van der Waals surface area (Å²) in [6.07, 6.45) is 17.6. The number of halogens is 8. The number of ether oxygens (including phenoxy) is 2. The Morgan fingerprint density at radius 3 is 1.24 bits per heavy atom. The van der Waals surface area contributed by atoms with E-state index in [0.717, 1.165) is 75.7 Å². The van der Waals surface area contributed by atoms with Gasteiger partial charge in [0.25, 0.3) is 0 Å². The van der Waals surface area contributed by atoms with Crippen molar-refractivity contribution in [2.24, 2.45) is 0 Å². The molecule has 0 aliphatic carbocycles. The van der Waals surface area contributed by atoms with Gasteiger partial charge in [-0.1, -0.05) is 36.4 Å². The quantitative estimate of drug-likeness (QED) is 0.232. The number of rotatable bonds is 4. The summed E-state index contributed by atoms with van der Waals surface area (Å²) in [6, 6.07) is 24.2. The Hall–Kier alpha value is 2.11. The number of amides is 2. The molecule has 8 saturated heterocycles. The number of carbonyl (C=O) groups is 1. The zero-order valence-electron chi connectivity index (χ0n) is 32.6. The van der Waals surface area contributed by atoms with Gasteiger partial charge in [-0.25, -0.2) is 4.79 Å². The second-order valence-corrected chi connectivity index (χ2v) is 32.7. The zero-order chi connectivity index (χ0) is 38.7. The summed E-state index contributed by atoms with van der Waals surface area (Å²) < 4.78 is 12.2. The van der Waals surface area contributed by atoms with Crippen LogP contribution in [0.2, 0.25) is 0 Å². The van der Waals surface area contributed by atoms with Crippen LogP contribution in [0.3, 0.4) is 0 Å². The molecule has 4 unspecified atom stereocenters. The van der Waals surface area contributed by atoms with E-state index in [1.807, 2.05) is 60.7 Å². The van der Waals surface area contributed by atoms with Crippen molar-refractivity contribution in [3.05, 3.63) is 60.7 Å². The third kappa shape index (κ3) is 15.6. The third-order valence-electron chi connectivity index (χ3n) is 12.8. The van der Waals surface area contributed by atoms with Gasteiger partial charge in [-0.15, -0.1) is 48.8 Å². The van der Waals surface area contributed by atoms with E-state index >= 15 is 0 Å². The SMILES string of the molecule is Cl.Cl.I.II.I[I-]I.O=C(N1[C@@H]2CC[C@H]1CC(O)C2)N1[C@@H]2CC[C@H]1CC(Oc1ccccc1)C2.OC1C[C@H]2CC[C@@H](C1)N2.c1ccc(OC2C[C@H]3CC[C@@H](C2)N3)cc1. The van der Waals surface area contributed by atoms with Gasteiger partial charge in [0.1, 0.15) is 23.7 Å². The second kappa shape index (κ2) is 28.2. The molecule has 0 saturated carbocycles. The maximum atomic E-state index is 13.4. The van der Waals surface area contributed by atoms with Crippen LogP contribution in [-0.2, 0) is 0 Å². The van der Waals surface area contributed by atoms with Crippen molar-refractivity contribution in [2.75, 3.05) is 0 Å². The van der Waals surface area contributed by atoms with E-state index in [-0.39, 0.29) is 85.2 Å². The van der Waals surface area contributed by atoms with Crippen LogP contribution in [-0.4, -0.2) is 98.8 Å². The number of urea groups is 1. The topological polar surface area (TPSA) is 107 Å². The fourth-order valence-corrected chi connectivity index (χ4v) is 10.6. The minimum atomic E-state index is -0.224. The van der Waals surface area contributed by atoms with Crippen LogP contribution < -0.4 is 33.4 Å². The van der Waals surface area contributed by atoms with Crippen molar-refractivity contribution in [1.29, 1.82) is 0 Å². The summed E-state index contributed by atoms with van der Waals surface area (Å²) in [4.78, 5) is 17.7. The number of nitrogens with zero attached hydrogens (tertiary/aromatic N) is 2. The first-order valence-electron chi connectivity index (χ1n) is 20.3. The van der Waals surface area contributed by atoms with Gasteiger partial charge in [0, 0.05) is 98.4 Å². The predicted molar refractivity (Wildman–Crippen MR) is 279 cm³/mol. The van der Waals surface area contributed by atoms with Gasteiger partial charge < -0.3 is 40.1 Å². The van der Waals surface area contributed by atoms with Gasteiger partial charge in [-0.2, -0.15) is 0 Å². The van der Waals surface area contributed by atoms with Crippen LogP contribution >= 0.6 is 123 Å². The average Bonchev–Trinajstić information content (AvgIpc) is 3.89. The number of aliphatic hydroxyl groups is 2. The number of fused-ring (bicyclic) bond motifs is 8. The molecule has 2 aromatic carbocycles. The van der Waals surface area contributed by atoms with E-state index in [2.05, 4.69) is 94.9 Å². The molecule has 58 heavy (non-hydrogen) atoms. The maximum absolute atomic E-state index is 13.4. The number of benzene rings is 2. The standard InChI is InChI=1S/C21H28N2O3.C13H17NO.C7H13NO.2ClH.I3.I2.HI/c24-18-10-14-6-7-15(11-18)22(14)21(25)23-16-8-9-17(23)13-20(12-16)26-19-4-2-1-3-5-19;1-2-4-12(5-3-1)15-13-8-10-6-7-11(9-13)14-10;9-7-3-5-1-2-6(4-7)8-5;;;1-3-2;1-2;/h1-5,14-18,20,24H,6-13H2;1-5,10-11,13-14H,6-9H2;5-9H,1-4H2;2*1H;;;1H/q;;;;;-1;;/t14-,15+,16-,17+,18?,20?;10-,11+,13?;5-,6+,7?;;;;;. The number of hydrogen-bond donors (Lipinski definition) is 4. The summed E-state index contributed by atoms with van der Waals surface area (Å²) in [7, 11) is 0. The molecule has 4 N–H and O–H groups in total. The van der Waals surface area contributed by atoms with Crippen LogP contribution in [0.15, 0.2) is 60.7 Å². The average molecular weight is 1520 g/mol. The summed E-state index contributed by atoms with van der Waals surface area (Å²) in [5, 5.41) is 26.4. The Bertz CT molecular complexity index is 1400. The second-order valence-electron chi connectivity index (χ2n) is 16.5. The number of para-hydroxylation sites is 2. The van der Waals surface area contributed by atoms with Crippen molar-refractivity contribution < 1.29 is 37.7 Å². The first-order valence-corrected chi connectivity index (χ1v) is 39.1. The molecule has 8 aliphatic heterocycles. The molecule has 8 fully saturated rings. The molecule has 2 amide bonds. The van der Waals surface area contributed by atoms with E-state index < -0.39 is 0 Å². The molecule has 0 radical (unpaired) electrons. The van der Waals surface area contributed by atoms with Crippen LogP contribution in [0.5, 0.6) is 11.5 Å². The van der Waals surface area contributed by atoms with Gasteiger partial charge >= 0.3 is 56.5 Å². The molecule has 0 aromatic heterocycles. The smallest absolute Gasteiger partial charge is 0.321 e. The molecule has 10 rings (SSSR count). The fourth-order valence-electron chi connectivity index (χ4n) is 10.6. The maximum Gasteiger partial charge on any atom is 0.321 e. The Balaban J connectivity index is 0.000000239. The first kappa shape index (κ1) is 54.4. The summed E-state index contributed by atoms with van der Waals surface area (Å²) in [5.74, 6) is 1.95. The number of carbonyl (C=O) groups excluding carboxylic acids is 1. The Labute approximate surface area is 429 Å². The van der Waals surface area contributed by atoms with Crippen LogP contribution in [0.4, 0.5) is 4.79 Å². The minimum Gasteiger partial charge on any atom is -0.490 e. The number of piperidine rings is 4. The Morgan fingerprint density at radius 1 is 0.552 bits per heavy atom. The van der Waals surface area contributed by atoms with Crippen LogP contribution in [0.25, 0.3) is 0 Å². The van der Waals surface area contributed by atoms with Gasteiger partial charge in [0.15, 0.2) is 0 Å². The molecule has 8 bridgehead atoms. The molecule has 0 spiro atoms. The van der Waals surface area contributed by atoms with E-state index in [4.69, 9.17) is 9.47 Å². The molecule has 8 aliphatic rings. The molecule has 332 valence electrons. The fraction of sp³-hybridized carbons (Fsp3) is 0.683. The van der Waals surface area contributed by atoms with Crippen molar-refractivity contribution in [3.63, 3.8) is 0 Å². The molecule has 8 heterocycles. The van der Waals surface area contributed by atoms with Crippen molar-refractivity contribution in [1.82, 2.24) is 20.4 Å². The zero-order valence-corrected chi connectivity index (χ0v) is 47.4.